The number of aromatic nitrogens is 3. The molecular weight excluding hydrogens is 875 g/mol. The fourth-order valence-corrected chi connectivity index (χ4v) is 14.2. The number of anilines is 4. The summed E-state index contributed by atoms with van der Waals surface area (Å²) in [4.78, 5) is 23.7. The Hall–Kier alpha value is -1.63. The van der Waals surface area contributed by atoms with Gasteiger partial charge in [-0.25, -0.2) is 0 Å². The van der Waals surface area contributed by atoms with Gasteiger partial charge in [0.05, 0.1) is 0 Å². The van der Waals surface area contributed by atoms with Crippen LogP contribution in [0.5, 0.6) is 0 Å². The van der Waals surface area contributed by atoms with Crippen molar-refractivity contribution in [1.82, 2.24) is 15.0 Å². The molecule has 3 aromatic carbocycles. The van der Waals surface area contributed by atoms with Gasteiger partial charge in [-0.1, -0.05) is 149 Å². The van der Waals surface area contributed by atoms with Gasteiger partial charge in [-0.15, -0.1) is 70.6 Å². The fourth-order valence-electron chi connectivity index (χ4n) is 6.66. The lowest BCUT2D eigenvalue weighted by Crippen LogP contribution is -2.06. The van der Waals surface area contributed by atoms with Gasteiger partial charge in [0, 0.05) is 46.3 Å². The van der Waals surface area contributed by atoms with Crippen LogP contribution in [-0.4, -0.2) is 49.5 Å². The molecule has 0 amide bonds. The summed E-state index contributed by atoms with van der Waals surface area (Å²) in [6, 6.07) is 19.8. The van der Waals surface area contributed by atoms with Gasteiger partial charge in [0.1, 0.15) is 0 Å². The van der Waals surface area contributed by atoms with E-state index >= 15 is 0 Å². The molecule has 5 nitrogen and oxygen atoms in total. The van der Waals surface area contributed by atoms with Crippen molar-refractivity contribution in [3.8, 4) is 11.4 Å². The lowest BCUT2D eigenvalue weighted by atomic mass is 10.2. The predicted molar refractivity (Wildman–Crippen MR) is 286 cm³/mol. The number of rotatable bonds is 35. The maximum atomic E-state index is 5.12. The Morgan fingerprint density at radius 3 is 0.984 bits per heavy atom. The van der Waals surface area contributed by atoms with Crippen LogP contribution in [-0.2, 0) is 0 Å². The van der Waals surface area contributed by atoms with Crippen molar-refractivity contribution in [1.29, 1.82) is 0 Å². The van der Waals surface area contributed by atoms with E-state index in [2.05, 4.69) is 124 Å². The molecule has 0 fully saturated rings. The maximum Gasteiger partial charge on any atom is 0.232 e. The van der Waals surface area contributed by atoms with Gasteiger partial charge in [-0.3, -0.25) is 0 Å². The summed E-state index contributed by atoms with van der Waals surface area (Å²) in [7, 11) is 0. The standard InChI is InChI=1S/C51H77N5S6/c1-7-13-22-30-57-43-36-41(37-44(58-31-23-14-8-2)47(43)61-34-26-17-11-5)52-50-54-49(40-28-20-19-21-29-40)55-51(56-50)53-42-38-45(59-32-24-15-9-3)48(62-35-27-18-12-6)46(39-42)60-33-25-16-10-4/h19-21,28-29,36-39H,7-18,22-27,30-35H2,1-6H3,(H2,52,53,54,55,56). The highest BCUT2D eigenvalue weighted by Gasteiger charge is 2.18. The van der Waals surface area contributed by atoms with Crippen molar-refractivity contribution in [2.24, 2.45) is 0 Å². The number of benzene rings is 3. The van der Waals surface area contributed by atoms with E-state index < -0.39 is 0 Å². The van der Waals surface area contributed by atoms with Gasteiger partial charge >= 0.3 is 0 Å². The van der Waals surface area contributed by atoms with E-state index in [9.17, 15) is 0 Å². The van der Waals surface area contributed by atoms with E-state index in [0.717, 1.165) is 51.5 Å². The van der Waals surface area contributed by atoms with E-state index in [1.165, 1.54) is 145 Å². The highest BCUT2D eigenvalue weighted by molar-refractivity contribution is 8.04. The minimum Gasteiger partial charge on any atom is -0.324 e. The summed E-state index contributed by atoms with van der Waals surface area (Å²) in [6.07, 6.45) is 22.5. The van der Waals surface area contributed by atoms with Crippen LogP contribution in [0.25, 0.3) is 11.4 Å². The number of nitrogens with zero attached hydrogens (tertiary/aromatic N) is 3. The molecule has 0 atom stereocenters. The van der Waals surface area contributed by atoms with Crippen LogP contribution in [0.1, 0.15) is 157 Å². The Kier molecular flexibility index (Phi) is 28.1. The highest BCUT2D eigenvalue weighted by Crippen LogP contribution is 2.44. The first-order chi connectivity index (χ1) is 30.5. The molecule has 2 N–H and O–H groups in total. The molecule has 1 aromatic heterocycles. The first-order valence-corrected chi connectivity index (χ1v) is 29.9. The Labute approximate surface area is 403 Å². The molecule has 62 heavy (non-hydrogen) atoms. The van der Waals surface area contributed by atoms with Gasteiger partial charge in [0.15, 0.2) is 5.82 Å². The van der Waals surface area contributed by atoms with Gasteiger partial charge in [-0.05, 0) is 97.3 Å². The van der Waals surface area contributed by atoms with Gasteiger partial charge in [-0.2, -0.15) is 15.0 Å². The van der Waals surface area contributed by atoms with Crippen LogP contribution in [0.15, 0.2) is 84.0 Å². The zero-order chi connectivity index (χ0) is 44.0. The number of nitrogens with one attached hydrogen (secondary N) is 2. The second kappa shape index (κ2) is 32.9. The molecule has 342 valence electrons. The molecule has 0 bridgehead atoms. The normalized spacial score (nSPS) is 11.4. The molecular formula is C51H77N5S6. The maximum absolute atomic E-state index is 5.12. The average molecular weight is 953 g/mol. The minimum absolute atomic E-state index is 0.556. The third-order valence-corrected chi connectivity index (χ3v) is 17.7. The van der Waals surface area contributed by atoms with Gasteiger partial charge in [0.25, 0.3) is 0 Å². The smallest absolute Gasteiger partial charge is 0.232 e. The monoisotopic (exact) mass is 951 g/mol. The van der Waals surface area contributed by atoms with Crippen LogP contribution < -0.4 is 10.6 Å². The molecule has 0 unspecified atom stereocenters. The van der Waals surface area contributed by atoms with Gasteiger partial charge in [0.2, 0.25) is 11.9 Å². The van der Waals surface area contributed by atoms with Crippen LogP contribution in [0.4, 0.5) is 23.3 Å². The SMILES string of the molecule is CCCCCSc1cc(Nc2nc(Nc3cc(SCCCCC)c(SCCCCC)c(SCCCCC)c3)nc(-c3ccccc3)n2)cc(SCCCCC)c1SCCCCC. The first-order valence-electron chi connectivity index (χ1n) is 24.0. The zero-order valence-electron chi connectivity index (χ0n) is 39.0. The van der Waals surface area contributed by atoms with Crippen molar-refractivity contribution in [3.05, 3.63) is 54.6 Å². The summed E-state index contributed by atoms with van der Waals surface area (Å²) in [6.45, 7) is 13.8. The summed E-state index contributed by atoms with van der Waals surface area (Å²) in [5.74, 6) is 8.60. The zero-order valence-corrected chi connectivity index (χ0v) is 43.9. The molecule has 0 saturated carbocycles. The van der Waals surface area contributed by atoms with Crippen LogP contribution >= 0.6 is 70.6 Å². The predicted octanol–water partition coefficient (Wildman–Crippen LogP) is 18.7. The van der Waals surface area contributed by atoms with E-state index in [-0.39, 0.29) is 0 Å². The summed E-state index contributed by atoms with van der Waals surface area (Å²) in [5, 5.41) is 7.45. The first kappa shape index (κ1) is 53.0. The molecule has 11 heteroatoms. The van der Waals surface area contributed by atoms with Crippen LogP contribution in [0.3, 0.4) is 0 Å². The molecule has 0 aliphatic rings. The van der Waals surface area contributed by atoms with Crippen molar-refractivity contribution in [3.63, 3.8) is 0 Å². The van der Waals surface area contributed by atoms with E-state index in [4.69, 9.17) is 15.0 Å². The largest absolute Gasteiger partial charge is 0.324 e. The average Bonchev–Trinajstić information content (AvgIpc) is 3.28. The Balaban J connectivity index is 1.77. The molecule has 1 heterocycles. The molecule has 0 aliphatic heterocycles. The fraction of sp³-hybridized carbons (Fsp3) is 0.588. The Morgan fingerprint density at radius 2 is 0.677 bits per heavy atom. The molecule has 4 rings (SSSR count). The van der Waals surface area contributed by atoms with E-state index in [0.29, 0.717) is 17.7 Å². The molecule has 4 aromatic rings. The van der Waals surface area contributed by atoms with Crippen molar-refractivity contribution in [2.75, 3.05) is 45.2 Å². The van der Waals surface area contributed by atoms with Crippen molar-refractivity contribution in [2.45, 2.75) is 186 Å². The molecule has 0 saturated heterocycles. The number of hydrogen-bond acceptors (Lipinski definition) is 11. The summed E-state index contributed by atoms with van der Waals surface area (Å²) in [5.41, 5.74) is 3.05. The lowest BCUT2D eigenvalue weighted by Gasteiger charge is -2.18. The Bertz CT molecular complexity index is 1640. The highest BCUT2D eigenvalue weighted by atomic mass is 32.2. The van der Waals surface area contributed by atoms with Crippen LogP contribution in [0.2, 0.25) is 0 Å². The Morgan fingerprint density at radius 1 is 0.371 bits per heavy atom. The second-order valence-electron chi connectivity index (χ2n) is 15.9. The number of unbranched alkanes of at least 4 members (excludes halogenated alkanes) is 12. The molecule has 0 spiro atoms. The summed E-state index contributed by atoms with van der Waals surface area (Å²) < 4.78 is 0. The summed E-state index contributed by atoms with van der Waals surface area (Å²) >= 11 is 12.2. The third-order valence-electron chi connectivity index (χ3n) is 10.2. The second-order valence-corrected chi connectivity index (χ2v) is 22.6. The van der Waals surface area contributed by atoms with Gasteiger partial charge < -0.3 is 10.6 Å². The topological polar surface area (TPSA) is 62.7 Å². The lowest BCUT2D eigenvalue weighted by molar-refractivity contribution is 0.776. The van der Waals surface area contributed by atoms with Crippen molar-refractivity contribution < 1.29 is 0 Å². The number of hydrogen-bond donors (Lipinski definition) is 2. The van der Waals surface area contributed by atoms with E-state index in [1.54, 1.807) is 0 Å². The minimum atomic E-state index is 0.556. The van der Waals surface area contributed by atoms with Crippen LogP contribution in [0, 0.1) is 0 Å². The van der Waals surface area contributed by atoms with Crippen molar-refractivity contribution >= 4 is 93.8 Å². The third kappa shape index (κ3) is 19.9. The molecule has 0 aliphatic carbocycles. The quantitative estimate of drug-likeness (QED) is 0.0342. The van der Waals surface area contributed by atoms with E-state index in [1.807, 2.05) is 53.1 Å². The molecule has 0 radical (unpaired) electrons. The number of thioether (sulfide) groups is 6.